The topological polar surface area (TPSA) is 47.7 Å². The summed E-state index contributed by atoms with van der Waals surface area (Å²) in [4.78, 5) is 2.47. The molecule has 1 aliphatic rings. The summed E-state index contributed by atoms with van der Waals surface area (Å²) in [5.41, 5.74) is 2.25. The van der Waals surface area contributed by atoms with Crippen molar-refractivity contribution in [3.63, 3.8) is 0 Å². The third-order valence-electron chi connectivity index (χ3n) is 5.02. The van der Waals surface area contributed by atoms with E-state index in [2.05, 4.69) is 56.0 Å². The predicted molar refractivity (Wildman–Crippen MR) is 106 cm³/mol. The molecule has 1 atom stereocenters. The van der Waals surface area contributed by atoms with Crippen LogP contribution in [0.5, 0.6) is 11.5 Å². The maximum Gasteiger partial charge on any atom is 0.161 e. The van der Waals surface area contributed by atoms with E-state index in [4.69, 9.17) is 14.0 Å². The maximum absolute atomic E-state index is 5.87. The van der Waals surface area contributed by atoms with Crippen LogP contribution in [0, 0.1) is 5.92 Å². The summed E-state index contributed by atoms with van der Waals surface area (Å²) in [6.45, 7) is 11.2. The lowest BCUT2D eigenvalue weighted by atomic mass is 10.1. The lowest BCUT2D eigenvalue weighted by Gasteiger charge is -2.23. The van der Waals surface area contributed by atoms with Gasteiger partial charge in [0.1, 0.15) is 0 Å². The Bertz CT molecular complexity index is 739. The van der Waals surface area contributed by atoms with Crippen molar-refractivity contribution in [2.45, 2.75) is 59.0 Å². The Labute approximate surface area is 162 Å². The van der Waals surface area contributed by atoms with Crippen molar-refractivity contribution >= 4 is 0 Å². The summed E-state index contributed by atoms with van der Waals surface area (Å²) in [6.07, 6.45) is 2.29. The van der Waals surface area contributed by atoms with Crippen molar-refractivity contribution in [2.75, 3.05) is 20.3 Å². The Kier molecular flexibility index (Phi) is 6.42. The van der Waals surface area contributed by atoms with E-state index >= 15 is 0 Å². The van der Waals surface area contributed by atoms with Gasteiger partial charge < -0.3 is 14.0 Å². The number of hydrogen-bond donors (Lipinski definition) is 0. The van der Waals surface area contributed by atoms with Crippen LogP contribution in [0.2, 0.25) is 0 Å². The summed E-state index contributed by atoms with van der Waals surface area (Å²) in [7, 11) is 1.70. The molecule has 0 spiro atoms. The first-order valence-corrected chi connectivity index (χ1v) is 9.98. The fourth-order valence-corrected chi connectivity index (χ4v) is 3.49. The summed E-state index contributed by atoms with van der Waals surface area (Å²) in [6, 6.07) is 8.66. The highest BCUT2D eigenvalue weighted by atomic mass is 16.5. The Hall–Kier alpha value is -2.01. The largest absolute Gasteiger partial charge is 0.493 e. The summed E-state index contributed by atoms with van der Waals surface area (Å²) >= 11 is 0. The second-order valence-electron chi connectivity index (χ2n) is 8.13. The molecule has 2 heterocycles. The van der Waals surface area contributed by atoms with Gasteiger partial charge in [0, 0.05) is 12.6 Å². The van der Waals surface area contributed by atoms with Crippen molar-refractivity contribution < 1.29 is 14.0 Å². The third-order valence-corrected chi connectivity index (χ3v) is 5.02. The van der Waals surface area contributed by atoms with Crippen LogP contribution in [0.15, 0.2) is 28.8 Å². The maximum atomic E-state index is 5.87. The van der Waals surface area contributed by atoms with Gasteiger partial charge in [-0.15, -0.1) is 0 Å². The van der Waals surface area contributed by atoms with Crippen molar-refractivity contribution in [3.8, 4) is 11.5 Å². The van der Waals surface area contributed by atoms with Crippen molar-refractivity contribution in [1.29, 1.82) is 0 Å². The number of likely N-dealkylation sites (tertiary alicyclic amines) is 1. The average Bonchev–Trinajstić information content (AvgIpc) is 3.29. The fourth-order valence-electron chi connectivity index (χ4n) is 3.49. The SMILES string of the molecule is COc1cc(CN2CCC[C@@H]2c2cc(C(C)C)no2)ccc1OCC(C)C. The van der Waals surface area contributed by atoms with E-state index in [9.17, 15) is 0 Å². The molecule has 148 valence electrons. The number of benzene rings is 1. The van der Waals surface area contributed by atoms with Crippen LogP contribution in [0.1, 0.15) is 69.5 Å². The average molecular weight is 373 g/mol. The molecule has 27 heavy (non-hydrogen) atoms. The van der Waals surface area contributed by atoms with Gasteiger partial charge in [-0.2, -0.15) is 0 Å². The standard InChI is InChI=1S/C22H32N2O3/c1-15(2)14-26-20-9-8-17(11-22(20)25-5)13-24-10-6-7-19(24)21-12-18(16(3)4)23-27-21/h8-9,11-12,15-16,19H,6-7,10,13-14H2,1-5H3/t19-/m1/s1. The minimum atomic E-state index is 0.299. The zero-order valence-corrected chi connectivity index (χ0v) is 17.2. The molecule has 5 heteroatoms. The molecule has 0 bridgehead atoms. The number of rotatable bonds is 8. The predicted octanol–water partition coefficient (Wildman–Crippen LogP) is 5.18. The first-order valence-electron chi connectivity index (χ1n) is 9.98. The van der Waals surface area contributed by atoms with Gasteiger partial charge in [-0.25, -0.2) is 0 Å². The van der Waals surface area contributed by atoms with Crippen molar-refractivity contribution in [3.05, 3.63) is 41.3 Å². The smallest absolute Gasteiger partial charge is 0.161 e. The molecule has 0 amide bonds. The fraction of sp³-hybridized carbons (Fsp3) is 0.591. The van der Waals surface area contributed by atoms with E-state index < -0.39 is 0 Å². The second-order valence-corrected chi connectivity index (χ2v) is 8.13. The van der Waals surface area contributed by atoms with Gasteiger partial charge in [0.2, 0.25) is 0 Å². The van der Waals surface area contributed by atoms with E-state index in [1.807, 2.05) is 6.07 Å². The van der Waals surface area contributed by atoms with E-state index in [0.29, 0.717) is 24.5 Å². The highest BCUT2D eigenvalue weighted by molar-refractivity contribution is 5.43. The van der Waals surface area contributed by atoms with E-state index in [1.54, 1.807) is 7.11 Å². The molecule has 0 unspecified atom stereocenters. The molecule has 0 radical (unpaired) electrons. The first-order chi connectivity index (χ1) is 13.0. The Morgan fingerprint density at radius 3 is 2.67 bits per heavy atom. The lowest BCUT2D eigenvalue weighted by Crippen LogP contribution is -2.22. The zero-order chi connectivity index (χ0) is 19.4. The van der Waals surface area contributed by atoms with Crippen molar-refractivity contribution in [1.82, 2.24) is 10.1 Å². The molecule has 3 rings (SSSR count). The molecule has 1 saturated heterocycles. The minimum Gasteiger partial charge on any atom is -0.493 e. The van der Waals surface area contributed by atoms with E-state index in [-0.39, 0.29) is 0 Å². The number of aromatic nitrogens is 1. The van der Waals surface area contributed by atoms with Crippen LogP contribution in [-0.2, 0) is 6.54 Å². The normalized spacial score (nSPS) is 17.8. The minimum absolute atomic E-state index is 0.299. The van der Waals surface area contributed by atoms with Gasteiger partial charge >= 0.3 is 0 Å². The van der Waals surface area contributed by atoms with Crippen LogP contribution in [0.4, 0.5) is 0 Å². The molecule has 2 aromatic rings. The number of ether oxygens (including phenoxy) is 2. The molecule has 1 aromatic carbocycles. The molecule has 0 N–H and O–H groups in total. The van der Waals surface area contributed by atoms with Gasteiger partial charge in [-0.3, -0.25) is 4.90 Å². The second kappa shape index (κ2) is 8.79. The highest BCUT2D eigenvalue weighted by Crippen LogP contribution is 2.36. The summed E-state index contributed by atoms with van der Waals surface area (Å²) < 4.78 is 17.1. The van der Waals surface area contributed by atoms with Crippen LogP contribution >= 0.6 is 0 Å². The van der Waals surface area contributed by atoms with Gasteiger partial charge in [0.25, 0.3) is 0 Å². The Balaban J connectivity index is 1.71. The number of hydrogen-bond acceptors (Lipinski definition) is 5. The van der Waals surface area contributed by atoms with Crippen LogP contribution in [0.25, 0.3) is 0 Å². The Morgan fingerprint density at radius 1 is 1.19 bits per heavy atom. The summed E-state index contributed by atoms with van der Waals surface area (Å²) in [5.74, 6) is 3.47. The van der Waals surface area contributed by atoms with Gasteiger partial charge in [0.05, 0.1) is 25.5 Å². The molecule has 5 nitrogen and oxygen atoms in total. The van der Waals surface area contributed by atoms with Gasteiger partial charge in [-0.05, 0) is 48.9 Å². The van der Waals surface area contributed by atoms with Crippen molar-refractivity contribution in [2.24, 2.45) is 5.92 Å². The highest BCUT2D eigenvalue weighted by Gasteiger charge is 2.29. The van der Waals surface area contributed by atoms with Crippen LogP contribution in [0.3, 0.4) is 0 Å². The third kappa shape index (κ3) is 4.83. The van der Waals surface area contributed by atoms with Gasteiger partial charge in [-0.1, -0.05) is 38.9 Å². The van der Waals surface area contributed by atoms with Crippen LogP contribution in [-0.4, -0.2) is 30.3 Å². The van der Waals surface area contributed by atoms with Crippen LogP contribution < -0.4 is 9.47 Å². The monoisotopic (exact) mass is 372 g/mol. The Morgan fingerprint density at radius 2 is 2.00 bits per heavy atom. The summed E-state index contributed by atoms with van der Waals surface area (Å²) in [5, 5.41) is 4.24. The lowest BCUT2D eigenvalue weighted by molar-refractivity contribution is 0.206. The molecule has 1 fully saturated rings. The molecular weight excluding hydrogens is 340 g/mol. The van der Waals surface area contributed by atoms with E-state index in [1.165, 1.54) is 12.0 Å². The number of nitrogens with zero attached hydrogens (tertiary/aromatic N) is 2. The molecule has 0 aliphatic carbocycles. The molecule has 0 saturated carbocycles. The zero-order valence-electron chi connectivity index (χ0n) is 17.2. The molecule has 1 aliphatic heterocycles. The molecular formula is C22H32N2O3. The van der Waals surface area contributed by atoms with Gasteiger partial charge in [0.15, 0.2) is 17.3 Å². The first kappa shape index (κ1) is 19.7. The quantitative estimate of drug-likeness (QED) is 0.639. The molecule has 1 aromatic heterocycles. The van der Waals surface area contributed by atoms with E-state index in [0.717, 1.165) is 42.5 Å². The number of methoxy groups -OCH3 is 1.